The summed E-state index contributed by atoms with van der Waals surface area (Å²) in [4.78, 5) is 28.7. The Morgan fingerprint density at radius 3 is 2.29 bits per heavy atom. The highest BCUT2D eigenvalue weighted by molar-refractivity contribution is 6.31. The molecule has 1 aliphatic heterocycles. The largest absolute Gasteiger partial charge is 0.339 e. The molecule has 1 saturated carbocycles. The van der Waals surface area contributed by atoms with Gasteiger partial charge in [-0.2, -0.15) is 0 Å². The molecule has 2 amide bonds. The van der Waals surface area contributed by atoms with Gasteiger partial charge in [-0.15, -0.1) is 0 Å². The number of aryl methyl sites for hydroxylation is 1. The summed E-state index contributed by atoms with van der Waals surface area (Å²) >= 11 is 6.14. The molecule has 0 unspecified atom stereocenters. The standard InChI is InChI=1S/C19H25ClN2O2/c20-17-8-4-3-5-15(17)9-10-18(23)21-11-13-22(14-12-21)19(24)16-6-1-2-7-16/h3-5,8,16H,1-2,6-7,9-14H2. The second kappa shape index (κ2) is 8.02. The summed E-state index contributed by atoms with van der Waals surface area (Å²) in [6.07, 6.45) is 5.57. The van der Waals surface area contributed by atoms with Crippen molar-refractivity contribution in [2.45, 2.75) is 38.5 Å². The van der Waals surface area contributed by atoms with Gasteiger partial charge in [0.2, 0.25) is 11.8 Å². The zero-order valence-electron chi connectivity index (χ0n) is 14.0. The molecule has 2 aliphatic rings. The molecule has 5 heteroatoms. The van der Waals surface area contributed by atoms with Gasteiger partial charge in [0.05, 0.1) is 0 Å². The number of rotatable bonds is 4. The van der Waals surface area contributed by atoms with Crippen molar-refractivity contribution in [2.75, 3.05) is 26.2 Å². The van der Waals surface area contributed by atoms with E-state index in [0.29, 0.717) is 44.9 Å². The van der Waals surface area contributed by atoms with Crippen LogP contribution in [0.5, 0.6) is 0 Å². The zero-order chi connectivity index (χ0) is 16.9. The molecule has 2 fully saturated rings. The third-order valence-corrected chi connectivity index (χ3v) is 5.58. The first-order valence-electron chi connectivity index (χ1n) is 8.95. The average molecular weight is 349 g/mol. The maximum absolute atomic E-state index is 12.4. The van der Waals surface area contributed by atoms with Crippen molar-refractivity contribution in [3.8, 4) is 0 Å². The van der Waals surface area contributed by atoms with Crippen LogP contribution in [0.2, 0.25) is 5.02 Å². The lowest BCUT2D eigenvalue weighted by Crippen LogP contribution is -2.51. The van der Waals surface area contributed by atoms with Crippen LogP contribution in [0.25, 0.3) is 0 Å². The highest BCUT2D eigenvalue weighted by Gasteiger charge is 2.30. The van der Waals surface area contributed by atoms with Crippen LogP contribution in [-0.2, 0) is 16.0 Å². The van der Waals surface area contributed by atoms with E-state index < -0.39 is 0 Å². The van der Waals surface area contributed by atoms with Gasteiger partial charge in [-0.05, 0) is 30.9 Å². The summed E-state index contributed by atoms with van der Waals surface area (Å²) in [5.74, 6) is 0.686. The first-order valence-corrected chi connectivity index (χ1v) is 9.33. The Morgan fingerprint density at radius 2 is 1.62 bits per heavy atom. The molecule has 0 atom stereocenters. The first kappa shape index (κ1) is 17.3. The van der Waals surface area contributed by atoms with Crippen LogP contribution in [0.3, 0.4) is 0 Å². The number of halogens is 1. The normalized spacial score (nSPS) is 18.9. The monoisotopic (exact) mass is 348 g/mol. The number of nitrogens with zero attached hydrogens (tertiary/aromatic N) is 2. The number of amides is 2. The fourth-order valence-electron chi connectivity index (χ4n) is 3.71. The maximum atomic E-state index is 12.4. The predicted molar refractivity (Wildman–Crippen MR) is 94.9 cm³/mol. The van der Waals surface area contributed by atoms with Gasteiger partial charge in [-0.3, -0.25) is 9.59 Å². The van der Waals surface area contributed by atoms with E-state index in [-0.39, 0.29) is 11.8 Å². The number of hydrogen-bond acceptors (Lipinski definition) is 2. The van der Waals surface area contributed by atoms with Gasteiger partial charge >= 0.3 is 0 Å². The second-order valence-electron chi connectivity index (χ2n) is 6.78. The molecule has 4 nitrogen and oxygen atoms in total. The molecule has 0 aromatic heterocycles. The number of carbonyl (C=O) groups excluding carboxylic acids is 2. The fourth-order valence-corrected chi connectivity index (χ4v) is 3.94. The molecule has 0 bridgehead atoms. The van der Waals surface area contributed by atoms with Crippen molar-refractivity contribution in [1.29, 1.82) is 0 Å². The Labute approximate surface area is 148 Å². The summed E-state index contributed by atoms with van der Waals surface area (Å²) in [5.41, 5.74) is 1.02. The first-order chi connectivity index (χ1) is 11.6. The zero-order valence-corrected chi connectivity index (χ0v) is 14.8. The van der Waals surface area contributed by atoms with Gasteiger partial charge in [0, 0.05) is 43.5 Å². The van der Waals surface area contributed by atoms with E-state index in [2.05, 4.69) is 0 Å². The molecule has 0 radical (unpaired) electrons. The van der Waals surface area contributed by atoms with Crippen LogP contribution in [0, 0.1) is 5.92 Å². The van der Waals surface area contributed by atoms with Gasteiger partial charge in [0.25, 0.3) is 0 Å². The minimum atomic E-state index is 0.155. The predicted octanol–water partition coefficient (Wildman–Crippen LogP) is 3.13. The molecule has 0 N–H and O–H groups in total. The van der Waals surface area contributed by atoms with Crippen LogP contribution in [-0.4, -0.2) is 47.8 Å². The highest BCUT2D eigenvalue weighted by atomic mass is 35.5. The van der Waals surface area contributed by atoms with Gasteiger partial charge in [0.1, 0.15) is 0 Å². The summed E-state index contributed by atoms with van der Waals surface area (Å²) in [7, 11) is 0. The number of carbonyl (C=O) groups is 2. The minimum absolute atomic E-state index is 0.155. The van der Waals surface area contributed by atoms with E-state index in [0.717, 1.165) is 23.4 Å². The van der Waals surface area contributed by atoms with Gasteiger partial charge < -0.3 is 9.80 Å². The van der Waals surface area contributed by atoms with Crippen LogP contribution < -0.4 is 0 Å². The van der Waals surface area contributed by atoms with Gasteiger partial charge in [0.15, 0.2) is 0 Å². The lowest BCUT2D eigenvalue weighted by atomic mass is 10.1. The van der Waals surface area contributed by atoms with E-state index in [1.54, 1.807) is 0 Å². The Kier molecular flexibility index (Phi) is 5.77. The van der Waals surface area contributed by atoms with Gasteiger partial charge in [-0.1, -0.05) is 42.6 Å². The highest BCUT2D eigenvalue weighted by Crippen LogP contribution is 2.27. The lowest BCUT2D eigenvalue weighted by Gasteiger charge is -2.36. The molecule has 1 saturated heterocycles. The Hall–Kier alpha value is -1.55. The van der Waals surface area contributed by atoms with Crippen molar-refractivity contribution in [1.82, 2.24) is 9.80 Å². The quantitative estimate of drug-likeness (QED) is 0.838. The molecule has 1 heterocycles. The summed E-state index contributed by atoms with van der Waals surface area (Å²) in [6.45, 7) is 2.65. The lowest BCUT2D eigenvalue weighted by molar-refractivity contribution is -0.142. The summed E-state index contributed by atoms with van der Waals surface area (Å²) in [5, 5.41) is 0.720. The minimum Gasteiger partial charge on any atom is -0.339 e. The van der Waals surface area contributed by atoms with Crippen molar-refractivity contribution in [2.24, 2.45) is 5.92 Å². The molecular weight excluding hydrogens is 324 g/mol. The molecule has 130 valence electrons. The number of hydrogen-bond donors (Lipinski definition) is 0. The van der Waals surface area contributed by atoms with Crippen molar-refractivity contribution >= 4 is 23.4 Å². The molecular formula is C19H25ClN2O2. The smallest absolute Gasteiger partial charge is 0.225 e. The molecule has 0 spiro atoms. The van der Waals surface area contributed by atoms with E-state index in [9.17, 15) is 9.59 Å². The van der Waals surface area contributed by atoms with Crippen LogP contribution >= 0.6 is 11.6 Å². The Morgan fingerprint density at radius 1 is 1.00 bits per heavy atom. The third-order valence-electron chi connectivity index (χ3n) is 5.21. The molecule has 24 heavy (non-hydrogen) atoms. The van der Waals surface area contributed by atoms with E-state index in [1.807, 2.05) is 34.1 Å². The summed E-state index contributed by atoms with van der Waals surface area (Å²) in [6, 6.07) is 7.66. The number of piperazine rings is 1. The van der Waals surface area contributed by atoms with E-state index >= 15 is 0 Å². The molecule has 1 aromatic carbocycles. The Balaban J connectivity index is 1.45. The average Bonchev–Trinajstić information content (AvgIpc) is 3.15. The van der Waals surface area contributed by atoms with Crippen LogP contribution in [0.1, 0.15) is 37.7 Å². The maximum Gasteiger partial charge on any atom is 0.225 e. The van der Waals surface area contributed by atoms with Crippen LogP contribution in [0.15, 0.2) is 24.3 Å². The molecule has 3 rings (SSSR count). The van der Waals surface area contributed by atoms with E-state index in [1.165, 1.54) is 12.8 Å². The van der Waals surface area contributed by atoms with E-state index in [4.69, 9.17) is 11.6 Å². The fraction of sp³-hybridized carbons (Fsp3) is 0.579. The SMILES string of the molecule is O=C(CCc1ccccc1Cl)N1CCN(C(=O)C2CCCC2)CC1. The van der Waals surface area contributed by atoms with Crippen LogP contribution in [0.4, 0.5) is 0 Å². The summed E-state index contributed by atoms with van der Waals surface area (Å²) < 4.78 is 0. The third kappa shape index (κ3) is 4.10. The Bertz CT molecular complexity index is 591. The topological polar surface area (TPSA) is 40.6 Å². The molecule has 1 aromatic rings. The number of benzene rings is 1. The van der Waals surface area contributed by atoms with Gasteiger partial charge in [-0.25, -0.2) is 0 Å². The second-order valence-corrected chi connectivity index (χ2v) is 7.19. The van der Waals surface area contributed by atoms with Crippen molar-refractivity contribution in [3.63, 3.8) is 0 Å². The van der Waals surface area contributed by atoms with Crippen molar-refractivity contribution in [3.05, 3.63) is 34.9 Å². The van der Waals surface area contributed by atoms with Crippen molar-refractivity contribution < 1.29 is 9.59 Å². The molecule has 1 aliphatic carbocycles.